The van der Waals surface area contributed by atoms with Crippen LogP contribution in [0, 0.1) is 23.2 Å². The Kier molecular flexibility index (Phi) is 9.26. The van der Waals surface area contributed by atoms with E-state index in [9.17, 15) is 45.2 Å². The minimum atomic E-state index is -5.22. The van der Waals surface area contributed by atoms with E-state index in [-0.39, 0.29) is 30.7 Å². The lowest BCUT2D eigenvalue weighted by atomic mass is 9.85. The molecule has 3 fully saturated rings. The lowest BCUT2D eigenvalue weighted by molar-refractivity contribution is -0.176. The quantitative estimate of drug-likeness (QED) is 0.364. The van der Waals surface area contributed by atoms with E-state index < -0.39 is 68.4 Å². The number of amides is 4. The fraction of sp³-hybridized carbons (Fsp3) is 0.760. The molecular weight excluding hydrogens is 560 g/mol. The van der Waals surface area contributed by atoms with Crippen LogP contribution in [-0.2, 0) is 29.0 Å². The summed E-state index contributed by atoms with van der Waals surface area (Å²) in [6.45, 7) is 4.91. The van der Waals surface area contributed by atoms with Gasteiger partial charge in [-0.3, -0.25) is 19.2 Å². The highest BCUT2D eigenvalue weighted by atomic mass is 32.2. The molecular formula is C25H36F4N4O6S. The molecule has 0 unspecified atom stereocenters. The van der Waals surface area contributed by atoms with E-state index in [2.05, 4.69) is 10.6 Å². The number of hydrogen-bond donors (Lipinski definition) is 3. The highest BCUT2D eigenvalue weighted by Gasteiger charge is 2.53. The summed E-state index contributed by atoms with van der Waals surface area (Å²) in [5.74, 6) is -5.25. The largest absolute Gasteiger partial charge is 0.471 e. The fourth-order valence-electron chi connectivity index (χ4n) is 5.79. The van der Waals surface area contributed by atoms with E-state index >= 15 is 0 Å². The van der Waals surface area contributed by atoms with Gasteiger partial charge < -0.3 is 20.9 Å². The molecule has 2 saturated heterocycles. The van der Waals surface area contributed by atoms with E-state index in [0.29, 0.717) is 38.1 Å². The first-order chi connectivity index (χ1) is 18.3. The molecule has 0 spiro atoms. The van der Waals surface area contributed by atoms with Crippen LogP contribution >= 0.6 is 0 Å². The lowest BCUT2D eigenvalue weighted by Gasteiger charge is -2.36. The number of likely N-dealkylation sites (tertiary alicyclic amines) is 1. The third kappa shape index (κ3) is 7.32. The second kappa shape index (κ2) is 11.6. The maximum Gasteiger partial charge on any atom is 0.471 e. The molecule has 1 aliphatic carbocycles. The molecule has 0 aromatic carbocycles. The molecule has 2 aliphatic heterocycles. The lowest BCUT2D eigenvalue weighted by Crippen LogP contribution is -2.60. The molecule has 40 heavy (non-hydrogen) atoms. The van der Waals surface area contributed by atoms with Crippen molar-refractivity contribution in [1.82, 2.24) is 20.9 Å². The SMILES string of the molecule is CC(C)(C)[C@H](NC(=O)C(F)(F)F)C(=O)N1C[C@@H]2CCC[C@@H]2[C@H]1C(=O)N[C@H](/C=C(\F)S(C)(=O)=O)C[C@H]1CCNC1=O. The van der Waals surface area contributed by atoms with Gasteiger partial charge in [-0.25, -0.2) is 8.42 Å². The van der Waals surface area contributed by atoms with Crippen molar-refractivity contribution in [2.75, 3.05) is 19.3 Å². The van der Waals surface area contributed by atoms with Crippen molar-refractivity contribution in [3.63, 3.8) is 0 Å². The van der Waals surface area contributed by atoms with E-state index in [0.717, 1.165) is 6.42 Å². The number of fused-ring (bicyclic) bond motifs is 1. The maximum absolute atomic E-state index is 14.5. The van der Waals surface area contributed by atoms with Gasteiger partial charge in [0.25, 0.3) is 0 Å². The predicted octanol–water partition coefficient (Wildman–Crippen LogP) is 1.57. The monoisotopic (exact) mass is 596 g/mol. The number of rotatable bonds is 8. The van der Waals surface area contributed by atoms with Gasteiger partial charge in [-0.2, -0.15) is 17.6 Å². The molecule has 0 radical (unpaired) electrons. The summed E-state index contributed by atoms with van der Waals surface area (Å²) in [6.07, 6.45) is -1.55. The van der Waals surface area contributed by atoms with E-state index in [1.807, 2.05) is 0 Å². The average molecular weight is 597 g/mol. The smallest absolute Gasteiger partial charge is 0.356 e. The zero-order valence-electron chi connectivity index (χ0n) is 22.8. The Morgan fingerprint density at radius 2 is 1.77 bits per heavy atom. The first kappa shape index (κ1) is 31.8. The van der Waals surface area contributed by atoms with Crippen molar-refractivity contribution in [3.05, 3.63) is 11.2 Å². The average Bonchev–Trinajstić information content (AvgIpc) is 3.50. The van der Waals surface area contributed by atoms with Gasteiger partial charge in [0.2, 0.25) is 32.7 Å². The van der Waals surface area contributed by atoms with Gasteiger partial charge in [0, 0.05) is 25.3 Å². The molecule has 6 atom stereocenters. The van der Waals surface area contributed by atoms with Gasteiger partial charge in [-0.05, 0) is 49.0 Å². The van der Waals surface area contributed by atoms with Gasteiger partial charge in [-0.1, -0.05) is 27.2 Å². The van der Waals surface area contributed by atoms with Crippen LogP contribution in [0.5, 0.6) is 0 Å². The minimum absolute atomic E-state index is 0.0826. The van der Waals surface area contributed by atoms with E-state index in [4.69, 9.17) is 0 Å². The van der Waals surface area contributed by atoms with Crippen LogP contribution in [-0.4, -0.2) is 80.6 Å². The second-order valence-electron chi connectivity index (χ2n) is 11.9. The van der Waals surface area contributed by atoms with Gasteiger partial charge in [0.1, 0.15) is 12.1 Å². The van der Waals surface area contributed by atoms with Gasteiger partial charge in [0.05, 0.1) is 6.04 Å². The van der Waals surface area contributed by atoms with Crippen LogP contribution in [0.3, 0.4) is 0 Å². The van der Waals surface area contributed by atoms with E-state index in [1.54, 1.807) is 5.32 Å². The van der Waals surface area contributed by atoms with Crippen molar-refractivity contribution in [2.24, 2.45) is 23.2 Å². The van der Waals surface area contributed by atoms with Crippen LogP contribution < -0.4 is 16.0 Å². The van der Waals surface area contributed by atoms with Gasteiger partial charge in [0.15, 0.2) is 0 Å². The van der Waals surface area contributed by atoms with Crippen LogP contribution in [0.1, 0.15) is 52.9 Å². The Morgan fingerprint density at radius 1 is 1.12 bits per heavy atom. The summed E-state index contributed by atoms with van der Waals surface area (Å²) in [4.78, 5) is 52.4. The Bertz CT molecular complexity index is 1170. The molecule has 3 N–H and O–H groups in total. The van der Waals surface area contributed by atoms with Crippen LogP contribution in [0.15, 0.2) is 11.2 Å². The molecule has 2 heterocycles. The number of sulfone groups is 1. The first-order valence-electron chi connectivity index (χ1n) is 13.1. The number of nitrogens with zero attached hydrogens (tertiary/aromatic N) is 1. The molecule has 10 nitrogen and oxygen atoms in total. The Balaban J connectivity index is 1.91. The summed E-state index contributed by atoms with van der Waals surface area (Å²) in [6, 6.07) is -3.95. The van der Waals surface area contributed by atoms with Crippen molar-refractivity contribution in [2.45, 2.75) is 77.2 Å². The van der Waals surface area contributed by atoms with Gasteiger partial charge >= 0.3 is 12.1 Å². The molecule has 3 rings (SSSR count). The molecule has 226 valence electrons. The Hall–Kier alpha value is -2.71. The maximum atomic E-state index is 14.5. The summed E-state index contributed by atoms with van der Waals surface area (Å²) < 4.78 is 77.1. The molecule has 15 heteroatoms. The van der Waals surface area contributed by atoms with Crippen LogP contribution in [0.4, 0.5) is 17.6 Å². The highest BCUT2D eigenvalue weighted by Crippen LogP contribution is 2.43. The molecule has 4 amide bonds. The Labute approximate surface area is 230 Å². The predicted molar refractivity (Wildman–Crippen MR) is 135 cm³/mol. The van der Waals surface area contributed by atoms with E-state index in [1.165, 1.54) is 25.7 Å². The molecule has 0 bridgehead atoms. The number of alkyl halides is 3. The van der Waals surface area contributed by atoms with Crippen LogP contribution in [0.25, 0.3) is 0 Å². The summed E-state index contributed by atoms with van der Waals surface area (Å²) in [5, 5.41) is 5.50. The van der Waals surface area contributed by atoms with Crippen molar-refractivity contribution in [1.29, 1.82) is 0 Å². The number of nitrogens with one attached hydrogen (secondary N) is 3. The fourth-order valence-corrected chi connectivity index (χ4v) is 6.20. The number of carbonyl (C=O) groups excluding carboxylic acids is 4. The van der Waals surface area contributed by atoms with Crippen LogP contribution in [0.2, 0.25) is 0 Å². The normalized spacial score (nSPS) is 27.1. The second-order valence-corrected chi connectivity index (χ2v) is 13.9. The number of halogens is 4. The molecule has 3 aliphatic rings. The summed E-state index contributed by atoms with van der Waals surface area (Å²) in [7, 11) is -4.24. The zero-order chi connectivity index (χ0) is 30.2. The zero-order valence-corrected chi connectivity index (χ0v) is 23.6. The third-order valence-corrected chi connectivity index (χ3v) is 8.65. The summed E-state index contributed by atoms with van der Waals surface area (Å²) in [5.41, 5.74) is -1.14. The van der Waals surface area contributed by atoms with Crippen molar-refractivity contribution in [3.8, 4) is 0 Å². The number of carbonyl (C=O) groups is 4. The Morgan fingerprint density at radius 3 is 2.30 bits per heavy atom. The molecule has 0 aromatic heterocycles. The number of hydrogen-bond acceptors (Lipinski definition) is 6. The highest BCUT2D eigenvalue weighted by molar-refractivity contribution is 7.94. The third-order valence-electron chi connectivity index (χ3n) is 7.80. The van der Waals surface area contributed by atoms with Crippen molar-refractivity contribution < 1.29 is 45.2 Å². The molecule has 0 aromatic rings. The van der Waals surface area contributed by atoms with Crippen molar-refractivity contribution >= 4 is 33.5 Å². The standard InChI is InChI=1S/C25H36F4N4O6S/c1-24(2,3)19(32-23(37)25(27,28)29)22(36)33-12-14-6-5-7-16(14)18(33)21(35)31-15(11-17(26)40(4,38)39)10-13-8-9-30-20(13)34/h11,13-16,18-19H,5-10,12H2,1-4H3,(H,30,34)(H,31,35)(H,32,37)/b17-11+/t13-,14+,15+,16+,18+,19-/m1/s1. The summed E-state index contributed by atoms with van der Waals surface area (Å²) >= 11 is 0. The molecule has 1 saturated carbocycles. The van der Waals surface area contributed by atoms with Gasteiger partial charge in [-0.15, -0.1) is 0 Å². The minimum Gasteiger partial charge on any atom is -0.356 e. The first-order valence-corrected chi connectivity index (χ1v) is 15.0. The topological polar surface area (TPSA) is 142 Å².